The summed E-state index contributed by atoms with van der Waals surface area (Å²) in [5, 5.41) is 13.3. The van der Waals surface area contributed by atoms with Crippen molar-refractivity contribution in [1.29, 1.82) is 0 Å². The molecule has 2 N–H and O–H groups in total. The van der Waals surface area contributed by atoms with E-state index in [2.05, 4.69) is 10.3 Å². The Hall–Kier alpha value is -0.980. The van der Waals surface area contributed by atoms with E-state index in [1.54, 1.807) is 25.2 Å². The highest BCUT2D eigenvalue weighted by Crippen LogP contribution is 2.29. The van der Waals surface area contributed by atoms with Gasteiger partial charge in [-0.1, -0.05) is 0 Å². The summed E-state index contributed by atoms with van der Waals surface area (Å²) in [6.07, 6.45) is 4.52. The maximum atomic E-state index is 12.0. The quantitative estimate of drug-likeness (QED) is 0.867. The fourth-order valence-corrected chi connectivity index (χ4v) is 3.59. The SMILES string of the molecule is CN(CC(=O)Nc1nc2c(s1)CCCC2)CC(C)(C)O. The van der Waals surface area contributed by atoms with E-state index in [1.165, 1.54) is 17.7 Å². The van der Waals surface area contributed by atoms with Crippen molar-refractivity contribution in [3.05, 3.63) is 10.6 Å². The van der Waals surface area contributed by atoms with E-state index in [0.29, 0.717) is 11.7 Å². The van der Waals surface area contributed by atoms with Gasteiger partial charge in [0.25, 0.3) is 0 Å². The summed E-state index contributed by atoms with van der Waals surface area (Å²) in [7, 11) is 1.82. The van der Waals surface area contributed by atoms with Crippen LogP contribution in [0.15, 0.2) is 0 Å². The first-order chi connectivity index (χ1) is 9.33. The maximum Gasteiger partial charge on any atom is 0.240 e. The van der Waals surface area contributed by atoms with Crippen LogP contribution in [0.3, 0.4) is 0 Å². The largest absolute Gasteiger partial charge is 0.389 e. The number of aryl methyl sites for hydroxylation is 2. The van der Waals surface area contributed by atoms with Crippen molar-refractivity contribution >= 4 is 22.4 Å². The number of nitrogens with zero attached hydrogens (tertiary/aromatic N) is 2. The third-order valence-electron chi connectivity index (χ3n) is 3.16. The molecule has 1 aromatic rings. The predicted octanol–water partition coefficient (Wildman–Crippen LogP) is 1.66. The fraction of sp³-hybridized carbons (Fsp3) is 0.714. The maximum absolute atomic E-state index is 12.0. The van der Waals surface area contributed by atoms with Crippen LogP contribution in [0.2, 0.25) is 0 Å². The number of likely N-dealkylation sites (N-methyl/N-ethyl adjacent to an activating group) is 1. The first-order valence-corrected chi connectivity index (χ1v) is 7.84. The summed E-state index contributed by atoms with van der Waals surface area (Å²) in [6, 6.07) is 0. The number of hydrogen-bond donors (Lipinski definition) is 2. The van der Waals surface area contributed by atoms with E-state index in [4.69, 9.17) is 0 Å². The zero-order valence-corrected chi connectivity index (χ0v) is 13.2. The van der Waals surface area contributed by atoms with E-state index in [9.17, 15) is 9.90 Å². The average Bonchev–Trinajstić information content (AvgIpc) is 2.67. The Morgan fingerprint density at radius 1 is 1.45 bits per heavy atom. The summed E-state index contributed by atoms with van der Waals surface area (Å²) in [6.45, 7) is 4.18. The third-order valence-corrected chi connectivity index (χ3v) is 4.24. The first kappa shape index (κ1) is 15.4. The van der Waals surface area contributed by atoms with Crippen LogP contribution < -0.4 is 5.32 Å². The summed E-state index contributed by atoms with van der Waals surface area (Å²) in [5.74, 6) is -0.0807. The molecule has 1 aliphatic rings. The van der Waals surface area contributed by atoms with Crippen LogP contribution in [-0.2, 0) is 17.6 Å². The topological polar surface area (TPSA) is 65.5 Å². The van der Waals surface area contributed by atoms with Gasteiger partial charge in [-0.2, -0.15) is 0 Å². The lowest BCUT2D eigenvalue weighted by Gasteiger charge is -2.24. The standard InChI is InChI=1S/C14H23N3O2S/c1-14(2,19)9-17(3)8-12(18)16-13-15-10-6-4-5-7-11(10)20-13/h19H,4-9H2,1-3H3,(H,15,16,18). The van der Waals surface area contributed by atoms with Crippen molar-refractivity contribution in [2.75, 3.05) is 25.5 Å². The second-order valence-electron chi connectivity index (χ2n) is 6.13. The van der Waals surface area contributed by atoms with Gasteiger partial charge in [-0.3, -0.25) is 9.69 Å². The number of nitrogens with one attached hydrogen (secondary N) is 1. The van der Waals surface area contributed by atoms with Gasteiger partial charge in [0.05, 0.1) is 17.8 Å². The summed E-state index contributed by atoms with van der Waals surface area (Å²) >= 11 is 1.59. The number of amides is 1. The molecule has 0 unspecified atom stereocenters. The predicted molar refractivity (Wildman–Crippen MR) is 81.2 cm³/mol. The molecule has 1 aliphatic carbocycles. The van der Waals surface area contributed by atoms with Gasteiger partial charge in [-0.05, 0) is 46.6 Å². The third kappa shape index (κ3) is 4.54. The average molecular weight is 297 g/mol. The van der Waals surface area contributed by atoms with Gasteiger partial charge in [0.15, 0.2) is 5.13 Å². The number of thiazole rings is 1. The minimum atomic E-state index is -0.796. The van der Waals surface area contributed by atoms with E-state index in [-0.39, 0.29) is 12.5 Å². The van der Waals surface area contributed by atoms with Gasteiger partial charge in [0.1, 0.15) is 0 Å². The van der Waals surface area contributed by atoms with Crippen LogP contribution in [0.5, 0.6) is 0 Å². The monoisotopic (exact) mass is 297 g/mol. The normalized spacial score (nSPS) is 15.2. The molecular weight excluding hydrogens is 274 g/mol. The van der Waals surface area contributed by atoms with Crippen LogP contribution in [-0.4, -0.2) is 46.6 Å². The lowest BCUT2D eigenvalue weighted by molar-refractivity contribution is -0.117. The number of aromatic nitrogens is 1. The van der Waals surface area contributed by atoms with E-state index in [1.807, 2.05) is 11.9 Å². The second kappa shape index (κ2) is 6.20. The molecule has 5 nitrogen and oxygen atoms in total. The van der Waals surface area contributed by atoms with Crippen molar-refractivity contribution in [2.24, 2.45) is 0 Å². The molecule has 6 heteroatoms. The lowest BCUT2D eigenvalue weighted by atomic mass is 10.0. The first-order valence-electron chi connectivity index (χ1n) is 7.03. The molecular formula is C14H23N3O2S. The molecule has 112 valence electrons. The Kier molecular flexibility index (Phi) is 4.78. The number of anilines is 1. The molecule has 1 amide bonds. The van der Waals surface area contributed by atoms with Crippen molar-refractivity contribution in [3.8, 4) is 0 Å². The molecule has 0 spiro atoms. The smallest absolute Gasteiger partial charge is 0.240 e. The van der Waals surface area contributed by atoms with Crippen molar-refractivity contribution < 1.29 is 9.90 Å². The van der Waals surface area contributed by atoms with Crippen molar-refractivity contribution in [1.82, 2.24) is 9.88 Å². The molecule has 20 heavy (non-hydrogen) atoms. The van der Waals surface area contributed by atoms with Gasteiger partial charge < -0.3 is 10.4 Å². The molecule has 0 fully saturated rings. The van der Waals surface area contributed by atoms with Gasteiger partial charge in [0.2, 0.25) is 5.91 Å². The number of rotatable bonds is 5. The van der Waals surface area contributed by atoms with Crippen LogP contribution in [0.1, 0.15) is 37.3 Å². The molecule has 0 aromatic carbocycles. The highest BCUT2D eigenvalue weighted by Gasteiger charge is 2.19. The van der Waals surface area contributed by atoms with Crippen LogP contribution in [0.25, 0.3) is 0 Å². The Labute approximate surface area is 124 Å². The minimum absolute atomic E-state index is 0.0807. The van der Waals surface area contributed by atoms with Crippen molar-refractivity contribution in [2.45, 2.75) is 45.1 Å². The zero-order valence-electron chi connectivity index (χ0n) is 12.4. The zero-order chi connectivity index (χ0) is 14.8. The van der Waals surface area contributed by atoms with E-state index in [0.717, 1.165) is 18.5 Å². The van der Waals surface area contributed by atoms with Gasteiger partial charge in [-0.25, -0.2) is 4.98 Å². The highest BCUT2D eigenvalue weighted by atomic mass is 32.1. The minimum Gasteiger partial charge on any atom is -0.389 e. The number of fused-ring (bicyclic) bond motifs is 1. The second-order valence-corrected chi connectivity index (χ2v) is 7.21. The molecule has 1 aromatic heterocycles. The summed E-state index contributed by atoms with van der Waals surface area (Å²) in [4.78, 5) is 19.6. The molecule has 0 saturated heterocycles. The van der Waals surface area contributed by atoms with Crippen molar-refractivity contribution in [3.63, 3.8) is 0 Å². The van der Waals surface area contributed by atoms with Gasteiger partial charge in [0, 0.05) is 11.4 Å². The Morgan fingerprint density at radius 2 is 2.15 bits per heavy atom. The molecule has 0 atom stereocenters. The molecule has 1 heterocycles. The van der Waals surface area contributed by atoms with E-state index < -0.39 is 5.60 Å². The molecule has 2 rings (SSSR count). The van der Waals surface area contributed by atoms with Gasteiger partial charge in [-0.15, -0.1) is 11.3 Å². The molecule has 0 radical (unpaired) electrons. The lowest BCUT2D eigenvalue weighted by Crippen LogP contribution is -2.40. The molecule has 0 aliphatic heterocycles. The van der Waals surface area contributed by atoms with Crippen LogP contribution >= 0.6 is 11.3 Å². The van der Waals surface area contributed by atoms with Crippen LogP contribution in [0, 0.1) is 0 Å². The van der Waals surface area contributed by atoms with Gasteiger partial charge >= 0.3 is 0 Å². The van der Waals surface area contributed by atoms with E-state index >= 15 is 0 Å². The Morgan fingerprint density at radius 3 is 2.80 bits per heavy atom. The number of carbonyl (C=O) groups is 1. The highest BCUT2D eigenvalue weighted by molar-refractivity contribution is 7.15. The number of aliphatic hydroxyl groups is 1. The summed E-state index contributed by atoms with van der Waals surface area (Å²) < 4.78 is 0. The molecule has 0 saturated carbocycles. The van der Waals surface area contributed by atoms with Crippen LogP contribution in [0.4, 0.5) is 5.13 Å². The number of carbonyl (C=O) groups excluding carboxylic acids is 1. The fourth-order valence-electron chi connectivity index (χ4n) is 2.53. The number of hydrogen-bond acceptors (Lipinski definition) is 5. The molecule has 0 bridgehead atoms. The summed E-state index contributed by atoms with van der Waals surface area (Å²) in [5.41, 5.74) is 0.358. The Bertz CT molecular complexity index is 456. The Balaban J connectivity index is 1.86.